The van der Waals surface area contributed by atoms with E-state index in [-0.39, 0.29) is 12.4 Å². The van der Waals surface area contributed by atoms with Crippen LogP contribution in [0.2, 0.25) is 0 Å². The van der Waals surface area contributed by atoms with Crippen LogP contribution in [0.15, 0.2) is 35.6 Å². The molecule has 0 saturated heterocycles. The molecule has 0 fully saturated rings. The smallest absolute Gasteiger partial charge is 0.0270 e. The maximum Gasteiger partial charge on any atom is 0.0270 e. The van der Waals surface area contributed by atoms with Gasteiger partial charge in [0.05, 0.1) is 0 Å². The molecule has 3 heteroatoms. The van der Waals surface area contributed by atoms with Gasteiger partial charge in [0.2, 0.25) is 0 Å². The molecule has 1 nitrogen and oxygen atoms in total. The number of hydrogen-bond acceptors (Lipinski definition) is 1. The molecule has 0 bridgehead atoms. The second-order valence-corrected chi connectivity index (χ2v) is 3.89. The number of pyridine rings is 1. The highest BCUT2D eigenvalue weighted by atomic mass is 35.5. The van der Waals surface area contributed by atoms with E-state index in [4.69, 9.17) is 11.6 Å². The lowest BCUT2D eigenvalue weighted by atomic mass is 9.88. The highest BCUT2D eigenvalue weighted by Crippen LogP contribution is 2.32. The second-order valence-electron chi connectivity index (χ2n) is 3.40. The molecule has 1 aromatic heterocycles. The van der Waals surface area contributed by atoms with Gasteiger partial charge in [0.1, 0.15) is 0 Å². The van der Waals surface area contributed by atoms with E-state index in [9.17, 15) is 0 Å². The molecule has 1 aliphatic rings. The van der Waals surface area contributed by atoms with Crippen LogP contribution in [0.25, 0.3) is 0 Å². The van der Waals surface area contributed by atoms with Gasteiger partial charge in [-0.3, -0.25) is 4.98 Å². The topological polar surface area (TPSA) is 12.9 Å². The predicted molar refractivity (Wildman–Crippen MR) is 62.0 cm³/mol. The van der Waals surface area contributed by atoms with Crippen LogP contribution in [0, 0.1) is 0 Å². The summed E-state index contributed by atoms with van der Waals surface area (Å²) in [5, 5.41) is 1.02. The second kappa shape index (κ2) is 5.38. The molecule has 0 radical (unpaired) electrons. The third-order valence-electron chi connectivity index (χ3n) is 2.53. The molecule has 0 aliphatic heterocycles. The molecule has 0 spiro atoms. The van der Waals surface area contributed by atoms with Crippen molar-refractivity contribution in [2.24, 2.45) is 0 Å². The van der Waals surface area contributed by atoms with Crippen molar-refractivity contribution in [2.75, 3.05) is 0 Å². The SMILES string of the molecule is Cl.ClC1=CCC(c2ccncc2)CC1. The number of nitrogens with zero attached hydrogens (tertiary/aromatic N) is 1. The van der Waals surface area contributed by atoms with Gasteiger partial charge in [0, 0.05) is 17.4 Å². The van der Waals surface area contributed by atoms with Crippen molar-refractivity contribution in [2.45, 2.75) is 25.2 Å². The Labute approximate surface area is 95.6 Å². The fraction of sp³-hybridized carbons (Fsp3) is 0.364. The first kappa shape index (κ1) is 11.5. The molecule has 14 heavy (non-hydrogen) atoms. The summed E-state index contributed by atoms with van der Waals surface area (Å²) >= 11 is 5.92. The van der Waals surface area contributed by atoms with Crippen molar-refractivity contribution in [3.8, 4) is 0 Å². The van der Waals surface area contributed by atoms with Crippen LogP contribution in [-0.4, -0.2) is 4.98 Å². The lowest BCUT2D eigenvalue weighted by Gasteiger charge is -2.19. The number of allylic oxidation sites excluding steroid dienone is 2. The van der Waals surface area contributed by atoms with Crippen molar-refractivity contribution in [1.29, 1.82) is 0 Å². The van der Waals surface area contributed by atoms with Gasteiger partial charge in [-0.2, -0.15) is 0 Å². The van der Waals surface area contributed by atoms with Crippen LogP contribution in [0.1, 0.15) is 30.7 Å². The van der Waals surface area contributed by atoms with Gasteiger partial charge in [0.25, 0.3) is 0 Å². The monoisotopic (exact) mass is 229 g/mol. The summed E-state index contributed by atoms with van der Waals surface area (Å²) in [5.41, 5.74) is 1.38. The normalized spacial score (nSPS) is 20.9. The Hall–Kier alpha value is -0.530. The van der Waals surface area contributed by atoms with Crippen molar-refractivity contribution in [1.82, 2.24) is 4.98 Å². The standard InChI is InChI=1S/C11H12ClN.ClH/c12-11-3-1-9(2-4-11)10-5-7-13-8-6-10;/h3,5-9H,1-2,4H2;1H. The fourth-order valence-electron chi connectivity index (χ4n) is 1.74. The van der Waals surface area contributed by atoms with Crippen LogP contribution < -0.4 is 0 Å². The highest BCUT2D eigenvalue weighted by Gasteiger charge is 2.14. The van der Waals surface area contributed by atoms with Crippen LogP contribution in [0.5, 0.6) is 0 Å². The number of aromatic nitrogens is 1. The molecule has 0 saturated carbocycles. The maximum atomic E-state index is 5.92. The zero-order valence-corrected chi connectivity index (χ0v) is 9.39. The van der Waals surface area contributed by atoms with E-state index in [0.29, 0.717) is 5.92 Å². The molecule has 1 aromatic rings. The summed E-state index contributed by atoms with van der Waals surface area (Å²) in [4.78, 5) is 4.01. The summed E-state index contributed by atoms with van der Waals surface area (Å²) < 4.78 is 0. The summed E-state index contributed by atoms with van der Waals surface area (Å²) in [6.07, 6.45) is 9.11. The first-order valence-electron chi connectivity index (χ1n) is 4.61. The van der Waals surface area contributed by atoms with E-state index in [0.717, 1.165) is 17.9 Å². The zero-order chi connectivity index (χ0) is 9.10. The minimum atomic E-state index is 0. The minimum absolute atomic E-state index is 0. The fourth-order valence-corrected chi connectivity index (χ4v) is 1.94. The van der Waals surface area contributed by atoms with E-state index in [1.807, 2.05) is 12.4 Å². The van der Waals surface area contributed by atoms with E-state index < -0.39 is 0 Å². The third kappa shape index (κ3) is 2.73. The van der Waals surface area contributed by atoms with Crippen LogP contribution in [0.4, 0.5) is 0 Å². The molecular formula is C11H13Cl2N. The molecule has 2 rings (SSSR count). The molecule has 1 aliphatic carbocycles. The number of halogens is 2. The van der Waals surface area contributed by atoms with Gasteiger partial charge in [-0.05, 0) is 42.9 Å². The first-order valence-corrected chi connectivity index (χ1v) is 4.98. The van der Waals surface area contributed by atoms with E-state index >= 15 is 0 Å². The van der Waals surface area contributed by atoms with Crippen molar-refractivity contribution < 1.29 is 0 Å². The van der Waals surface area contributed by atoms with Crippen molar-refractivity contribution >= 4 is 24.0 Å². The average Bonchev–Trinajstić information content (AvgIpc) is 2.20. The summed E-state index contributed by atoms with van der Waals surface area (Å²) in [7, 11) is 0. The van der Waals surface area contributed by atoms with Gasteiger partial charge in [0.15, 0.2) is 0 Å². The Balaban J connectivity index is 0.000000980. The molecule has 0 N–H and O–H groups in total. The largest absolute Gasteiger partial charge is 0.265 e. The number of hydrogen-bond donors (Lipinski definition) is 0. The molecule has 0 aromatic carbocycles. The summed E-state index contributed by atoms with van der Waals surface area (Å²) in [5.74, 6) is 0.644. The molecule has 1 heterocycles. The lowest BCUT2D eigenvalue weighted by molar-refractivity contribution is 0.611. The first-order chi connectivity index (χ1) is 6.36. The Morgan fingerprint density at radius 2 is 2.00 bits per heavy atom. The highest BCUT2D eigenvalue weighted by molar-refractivity contribution is 6.29. The summed E-state index contributed by atoms with van der Waals surface area (Å²) in [6, 6.07) is 4.19. The Morgan fingerprint density at radius 1 is 1.29 bits per heavy atom. The molecule has 1 unspecified atom stereocenters. The summed E-state index contributed by atoms with van der Waals surface area (Å²) in [6.45, 7) is 0. The molecular weight excluding hydrogens is 217 g/mol. The molecule has 76 valence electrons. The van der Waals surface area contributed by atoms with Crippen LogP contribution >= 0.6 is 24.0 Å². The van der Waals surface area contributed by atoms with Crippen LogP contribution in [-0.2, 0) is 0 Å². The maximum absolute atomic E-state index is 5.92. The Bertz CT molecular complexity index is 308. The van der Waals surface area contributed by atoms with Gasteiger partial charge >= 0.3 is 0 Å². The van der Waals surface area contributed by atoms with Crippen molar-refractivity contribution in [3.63, 3.8) is 0 Å². The van der Waals surface area contributed by atoms with E-state index in [1.165, 1.54) is 12.0 Å². The lowest BCUT2D eigenvalue weighted by Crippen LogP contribution is -2.02. The third-order valence-corrected chi connectivity index (χ3v) is 2.88. The molecule has 0 amide bonds. The minimum Gasteiger partial charge on any atom is -0.265 e. The van der Waals surface area contributed by atoms with Gasteiger partial charge in [-0.15, -0.1) is 12.4 Å². The van der Waals surface area contributed by atoms with Gasteiger partial charge in [-0.1, -0.05) is 17.7 Å². The molecule has 1 atom stereocenters. The van der Waals surface area contributed by atoms with Gasteiger partial charge in [-0.25, -0.2) is 0 Å². The Morgan fingerprint density at radius 3 is 2.57 bits per heavy atom. The number of rotatable bonds is 1. The Kier molecular flexibility index (Phi) is 4.43. The van der Waals surface area contributed by atoms with Crippen LogP contribution in [0.3, 0.4) is 0 Å². The zero-order valence-electron chi connectivity index (χ0n) is 7.82. The van der Waals surface area contributed by atoms with Crippen molar-refractivity contribution in [3.05, 3.63) is 41.2 Å². The quantitative estimate of drug-likeness (QED) is 0.713. The predicted octanol–water partition coefficient (Wildman–Crippen LogP) is 3.89. The van der Waals surface area contributed by atoms with Gasteiger partial charge < -0.3 is 0 Å². The average molecular weight is 230 g/mol. The van der Waals surface area contributed by atoms with E-state index in [1.54, 1.807) is 0 Å². The van der Waals surface area contributed by atoms with E-state index in [2.05, 4.69) is 23.2 Å².